The number of carbonyl (C=O) groups is 2. The van der Waals surface area contributed by atoms with Crippen LogP contribution in [0.1, 0.15) is 45.7 Å². The van der Waals surface area contributed by atoms with Gasteiger partial charge in [0.05, 0.1) is 0 Å². The number of hydrogen-bond donors (Lipinski definition) is 1. The number of anilines is 1. The zero-order valence-electron chi connectivity index (χ0n) is 16.8. The minimum atomic E-state index is -0.154. The molecule has 28 heavy (non-hydrogen) atoms. The molecule has 5 heteroatoms. The zero-order valence-corrected chi connectivity index (χ0v) is 17.6. The Labute approximate surface area is 171 Å². The molecule has 1 saturated heterocycles. The van der Waals surface area contributed by atoms with Gasteiger partial charge in [0.1, 0.15) is 0 Å². The van der Waals surface area contributed by atoms with E-state index in [4.69, 9.17) is 0 Å². The zero-order chi connectivity index (χ0) is 20.1. The van der Waals surface area contributed by atoms with Crippen molar-refractivity contribution in [3.05, 3.63) is 64.7 Å². The molecule has 3 rings (SSSR count). The average Bonchev–Trinajstić information content (AvgIpc) is 2.70. The lowest BCUT2D eigenvalue weighted by atomic mass is 10.0. The first kappa shape index (κ1) is 20.5. The van der Waals surface area contributed by atoms with E-state index in [9.17, 15) is 9.59 Å². The van der Waals surface area contributed by atoms with E-state index in [2.05, 4.69) is 19.2 Å². The highest BCUT2D eigenvalue weighted by molar-refractivity contribution is 7.99. The first-order chi connectivity index (χ1) is 13.5. The molecular weight excluding hydrogens is 368 g/mol. The Morgan fingerprint density at radius 1 is 1.07 bits per heavy atom. The largest absolute Gasteiger partial charge is 0.337 e. The summed E-state index contributed by atoms with van der Waals surface area (Å²) in [6, 6.07) is 13.3. The standard InChI is InChI=1S/C23H28N2O2S/c1-16(2)15-18-7-9-19(10-8-18)22(26)24-21-6-4-5-20(17(21)3)23(27)25-11-13-28-14-12-25/h4-10,16H,11-15H2,1-3H3,(H,24,26). The lowest BCUT2D eigenvalue weighted by molar-refractivity contribution is 0.0771. The smallest absolute Gasteiger partial charge is 0.255 e. The van der Waals surface area contributed by atoms with Gasteiger partial charge in [0.15, 0.2) is 0 Å². The second kappa shape index (κ2) is 9.28. The average molecular weight is 397 g/mol. The van der Waals surface area contributed by atoms with Crippen LogP contribution in [0.25, 0.3) is 0 Å². The molecule has 0 unspecified atom stereocenters. The molecule has 2 aromatic carbocycles. The second-order valence-electron chi connectivity index (χ2n) is 7.63. The number of nitrogens with one attached hydrogen (secondary N) is 1. The molecule has 1 aliphatic heterocycles. The van der Waals surface area contributed by atoms with Crippen LogP contribution in [0.5, 0.6) is 0 Å². The van der Waals surface area contributed by atoms with E-state index in [1.807, 2.05) is 66.1 Å². The summed E-state index contributed by atoms with van der Waals surface area (Å²) in [7, 11) is 0. The van der Waals surface area contributed by atoms with E-state index >= 15 is 0 Å². The summed E-state index contributed by atoms with van der Waals surface area (Å²) in [5.74, 6) is 2.44. The molecule has 0 radical (unpaired) electrons. The van der Waals surface area contributed by atoms with E-state index in [1.54, 1.807) is 0 Å². The number of amides is 2. The van der Waals surface area contributed by atoms with Gasteiger partial charge in [-0.05, 0) is 54.7 Å². The first-order valence-corrected chi connectivity index (χ1v) is 11.0. The molecule has 148 valence electrons. The number of nitrogens with zero attached hydrogens (tertiary/aromatic N) is 1. The van der Waals surface area contributed by atoms with Crippen LogP contribution < -0.4 is 5.32 Å². The number of hydrogen-bond acceptors (Lipinski definition) is 3. The summed E-state index contributed by atoms with van der Waals surface area (Å²) >= 11 is 1.88. The summed E-state index contributed by atoms with van der Waals surface area (Å²) in [6.45, 7) is 7.82. The van der Waals surface area contributed by atoms with Gasteiger partial charge >= 0.3 is 0 Å². The second-order valence-corrected chi connectivity index (χ2v) is 8.86. The Hall–Kier alpha value is -2.27. The Morgan fingerprint density at radius 2 is 1.75 bits per heavy atom. The molecule has 0 aromatic heterocycles. The van der Waals surface area contributed by atoms with Gasteiger partial charge in [-0.3, -0.25) is 9.59 Å². The maximum atomic E-state index is 12.9. The SMILES string of the molecule is Cc1c(NC(=O)c2ccc(CC(C)C)cc2)cccc1C(=O)N1CCSCC1. The van der Waals surface area contributed by atoms with Crippen LogP contribution in [0.3, 0.4) is 0 Å². The van der Waals surface area contributed by atoms with Crippen LogP contribution in [-0.2, 0) is 6.42 Å². The third-order valence-corrected chi connectivity index (χ3v) is 5.91. The Morgan fingerprint density at radius 3 is 2.39 bits per heavy atom. The molecule has 2 amide bonds. The number of thioether (sulfide) groups is 1. The minimum absolute atomic E-state index is 0.0481. The minimum Gasteiger partial charge on any atom is -0.337 e. The molecule has 0 atom stereocenters. The molecule has 0 saturated carbocycles. The molecule has 1 N–H and O–H groups in total. The van der Waals surface area contributed by atoms with E-state index in [0.717, 1.165) is 36.6 Å². The monoisotopic (exact) mass is 396 g/mol. The Balaban J connectivity index is 1.73. The van der Waals surface area contributed by atoms with Crippen molar-refractivity contribution in [1.82, 2.24) is 4.90 Å². The van der Waals surface area contributed by atoms with Gasteiger partial charge in [-0.25, -0.2) is 0 Å². The van der Waals surface area contributed by atoms with Gasteiger partial charge in [-0.1, -0.05) is 32.0 Å². The van der Waals surface area contributed by atoms with Crippen molar-refractivity contribution in [1.29, 1.82) is 0 Å². The molecule has 1 aliphatic rings. The van der Waals surface area contributed by atoms with Crippen LogP contribution in [-0.4, -0.2) is 41.3 Å². The van der Waals surface area contributed by atoms with Crippen LogP contribution in [0.4, 0.5) is 5.69 Å². The molecule has 0 aliphatic carbocycles. The fraction of sp³-hybridized carbons (Fsp3) is 0.391. The van der Waals surface area contributed by atoms with Crippen molar-refractivity contribution in [3.8, 4) is 0 Å². The molecule has 0 spiro atoms. The van der Waals surface area contributed by atoms with E-state index in [-0.39, 0.29) is 11.8 Å². The van der Waals surface area contributed by atoms with Crippen LogP contribution in [0.2, 0.25) is 0 Å². The van der Waals surface area contributed by atoms with Crippen LogP contribution in [0, 0.1) is 12.8 Å². The summed E-state index contributed by atoms with van der Waals surface area (Å²) in [5.41, 5.74) is 4.02. The summed E-state index contributed by atoms with van der Waals surface area (Å²) in [4.78, 5) is 27.4. The normalized spacial score (nSPS) is 14.2. The van der Waals surface area contributed by atoms with Crippen molar-refractivity contribution in [2.24, 2.45) is 5.92 Å². The summed E-state index contributed by atoms with van der Waals surface area (Å²) < 4.78 is 0. The topological polar surface area (TPSA) is 49.4 Å². The number of rotatable bonds is 5. The molecule has 1 fully saturated rings. The van der Waals surface area contributed by atoms with E-state index < -0.39 is 0 Å². The van der Waals surface area contributed by atoms with Gasteiger partial charge in [0, 0.05) is 41.4 Å². The predicted octanol–water partition coefficient (Wildman–Crippen LogP) is 4.63. The van der Waals surface area contributed by atoms with Crippen molar-refractivity contribution in [2.45, 2.75) is 27.2 Å². The highest BCUT2D eigenvalue weighted by Crippen LogP contribution is 2.23. The van der Waals surface area contributed by atoms with Crippen molar-refractivity contribution in [3.63, 3.8) is 0 Å². The van der Waals surface area contributed by atoms with Crippen molar-refractivity contribution in [2.75, 3.05) is 29.9 Å². The predicted molar refractivity (Wildman–Crippen MR) is 117 cm³/mol. The van der Waals surface area contributed by atoms with E-state index in [1.165, 1.54) is 5.56 Å². The third-order valence-electron chi connectivity index (χ3n) is 4.97. The fourth-order valence-corrected chi connectivity index (χ4v) is 4.30. The highest BCUT2D eigenvalue weighted by atomic mass is 32.2. The van der Waals surface area contributed by atoms with Gasteiger partial charge in [0.2, 0.25) is 0 Å². The molecule has 1 heterocycles. The lowest BCUT2D eigenvalue weighted by Gasteiger charge is -2.27. The molecule has 0 bridgehead atoms. The first-order valence-electron chi connectivity index (χ1n) is 9.82. The van der Waals surface area contributed by atoms with Crippen LogP contribution in [0.15, 0.2) is 42.5 Å². The van der Waals surface area contributed by atoms with E-state index in [0.29, 0.717) is 22.7 Å². The quantitative estimate of drug-likeness (QED) is 0.801. The molecule has 2 aromatic rings. The fourth-order valence-electron chi connectivity index (χ4n) is 3.40. The molecule has 4 nitrogen and oxygen atoms in total. The van der Waals surface area contributed by atoms with Gasteiger partial charge < -0.3 is 10.2 Å². The maximum absolute atomic E-state index is 12.9. The number of carbonyl (C=O) groups excluding carboxylic acids is 2. The van der Waals surface area contributed by atoms with Crippen LogP contribution >= 0.6 is 11.8 Å². The van der Waals surface area contributed by atoms with Gasteiger partial charge in [0.25, 0.3) is 11.8 Å². The van der Waals surface area contributed by atoms with Gasteiger partial charge in [-0.2, -0.15) is 11.8 Å². The van der Waals surface area contributed by atoms with Gasteiger partial charge in [-0.15, -0.1) is 0 Å². The lowest BCUT2D eigenvalue weighted by Crippen LogP contribution is -2.38. The molecular formula is C23H28N2O2S. The summed E-state index contributed by atoms with van der Waals surface area (Å²) in [5, 5.41) is 2.97. The third kappa shape index (κ3) is 4.96. The summed E-state index contributed by atoms with van der Waals surface area (Å²) in [6.07, 6.45) is 1.00. The Kier molecular flexibility index (Phi) is 6.79. The maximum Gasteiger partial charge on any atom is 0.255 e. The number of benzene rings is 2. The van der Waals surface area contributed by atoms with Crippen molar-refractivity contribution < 1.29 is 9.59 Å². The van der Waals surface area contributed by atoms with Crippen molar-refractivity contribution >= 4 is 29.3 Å². The Bertz CT molecular complexity index is 840. The highest BCUT2D eigenvalue weighted by Gasteiger charge is 2.21.